The van der Waals surface area contributed by atoms with Crippen LogP contribution in [0.25, 0.3) is 22.4 Å². The first kappa shape index (κ1) is 13.5. The number of hydrogen-bond acceptors (Lipinski definition) is 3. The molecule has 0 atom stereocenters. The highest BCUT2D eigenvalue weighted by molar-refractivity contribution is 7.18. The molecule has 2 heterocycles. The van der Waals surface area contributed by atoms with E-state index in [1.54, 1.807) is 11.3 Å². The summed E-state index contributed by atoms with van der Waals surface area (Å²) in [6.07, 6.45) is 4.38. The lowest BCUT2D eigenvalue weighted by atomic mass is 10.2. The predicted molar refractivity (Wildman–Crippen MR) is 91.7 cm³/mol. The first-order valence-corrected chi connectivity index (χ1v) is 8.40. The molecule has 20 heavy (non-hydrogen) atoms. The summed E-state index contributed by atoms with van der Waals surface area (Å²) in [6, 6.07) is 10.9. The monoisotopic (exact) mass is 299 g/mol. The number of nitrogens with zero attached hydrogens (tertiary/aromatic N) is 1. The average molecular weight is 299 g/mol. The van der Waals surface area contributed by atoms with Crippen molar-refractivity contribution in [2.75, 3.05) is 0 Å². The number of aryl methyl sites for hydroxylation is 1. The van der Waals surface area contributed by atoms with E-state index in [9.17, 15) is 0 Å². The van der Waals surface area contributed by atoms with Crippen LogP contribution in [0, 0.1) is 6.92 Å². The van der Waals surface area contributed by atoms with Crippen LogP contribution in [0.15, 0.2) is 30.3 Å². The fourth-order valence-electron chi connectivity index (χ4n) is 2.11. The summed E-state index contributed by atoms with van der Waals surface area (Å²) in [5.41, 5.74) is 2.34. The summed E-state index contributed by atoms with van der Waals surface area (Å²) in [4.78, 5) is 7.25. The third kappa shape index (κ3) is 2.84. The Labute approximate surface area is 127 Å². The van der Waals surface area contributed by atoms with E-state index in [2.05, 4.69) is 68.2 Å². The molecule has 0 fully saturated rings. The van der Waals surface area contributed by atoms with E-state index in [1.807, 2.05) is 11.3 Å². The summed E-state index contributed by atoms with van der Waals surface area (Å²) < 4.78 is 1.26. The smallest absolute Gasteiger partial charge is 0.0907 e. The van der Waals surface area contributed by atoms with Gasteiger partial charge in [-0.25, -0.2) is 4.98 Å². The van der Waals surface area contributed by atoms with E-state index in [4.69, 9.17) is 0 Å². The van der Waals surface area contributed by atoms with Crippen LogP contribution in [0.2, 0.25) is 0 Å². The number of benzene rings is 1. The van der Waals surface area contributed by atoms with Gasteiger partial charge in [-0.05, 0) is 48.7 Å². The Hall–Kier alpha value is -1.45. The first-order valence-electron chi connectivity index (χ1n) is 6.77. The molecule has 0 unspecified atom stereocenters. The van der Waals surface area contributed by atoms with Crippen LogP contribution >= 0.6 is 22.7 Å². The van der Waals surface area contributed by atoms with Gasteiger partial charge in [-0.1, -0.05) is 26.0 Å². The molecule has 0 radical (unpaired) electrons. The molecule has 0 aliphatic heterocycles. The largest absolute Gasteiger partial charge is 0.242 e. The fourth-order valence-corrected chi connectivity index (χ4v) is 3.90. The molecule has 0 amide bonds. The first-order chi connectivity index (χ1) is 9.61. The molecular weight excluding hydrogens is 282 g/mol. The highest BCUT2D eigenvalue weighted by atomic mass is 32.1. The van der Waals surface area contributed by atoms with Gasteiger partial charge in [0.15, 0.2) is 0 Å². The van der Waals surface area contributed by atoms with Gasteiger partial charge >= 0.3 is 0 Å². The molecule has 2 aromatic heterocycles. The van der Waals surface area contributed by atoms with E-state index in [0.29, 0.717) is 5.92 Å². The summed E-state index contributed by atoms with van der Waals surface area (Å²) in [5.74, 6) is 0.610. The standard InChI is InChI=1S/C17H17NS2/c1-11(2)16-9-7-14(20-16)6-4-13-5-8-15-17(10-13)19-12(3)18-15/h4-11H,1-3H3/b6-4+. The number of thiophene rings is 1. The number of hydrogen-bond donors (Lipinski definition) is 0. The molecule has 0 aliphatic carbocycles. The van der Waals surface area contributed by atoms with Crippen LogP contribution in [-0.2, 0) is 0 Å². The SMILES string of the molecule is Cc1nc2ccc(/C=C/c3ccc(C(C)C)s3)cc2s1. The molecule has 3 heteroatoms. The average Bonchev–Trinajstić information content (AvgIpc) is 3.00. The third-order valence-electron chi connectivity index (χ3n) is 3.18. The summed E-state index contributed by atoms with van der Waals surface area (Å²) >= 11 is 3.63. The van der Waals surface area contributed by atoms with Crippen LogP contribution in [0.1, 0.15) is 40.1 Å². The summed E-state index contributed by atoms with van der Waals surface area (Å²) in [6.45, 7) is 6.53. The Bertz CT molecular complexity index is 762. The van der Waals surface area contributed by atoms with E-state index in [1.165, 1.54) is 20.0 Å². The molecule has 0 bridgehead atoms. The number of thiazole rings is 1. The highest BCUT2D eigenvalue weighted by Crippen LogP contribution is 2.27. The van der Waals surface area contributed by atoms with Crippen molar-refractivity contribution in [2.45, 2.75) is 26.7 Å². The minimum Gasteiger partial charge on any atom is -0.242 e. The molecule has 0 saturated heterocycles. The quantitative estimate of drug-likeness (QED) is 0.581. The van der Waals surface area contributed by atoms with Gasteiger partial charge in [0.1, 0.15) is 0 Å². The van der Waals surface area contributed by atoms with Crippen molar-refractivity contribution >= 4 is 45.0 Å². The molecule has 102 valence electrons. The van der Waals surface area contributed by atoms with Gasteiger partial charge in [-0.15, -0.1) is 22.7 Å². The molecule has 0 spiro atoms. The molecule has 0 aliphatic rings. The predicted octanol–water partition coefficient (Wildman–Crippen LogP) is 5.96. The lowest BCUT2D eigenvalue weighted by molar-refractivity contribution is 0.890. The van der Waals surface area contributed by atoms with Crippen molar-refractivity contribution in [1.82, 2.24) is 4.98 Å². The Balaban J connectivity index is 1.85. The van der Waals surface area contributed by atoms with Crippen LogP contribution in [-0.4, -0.2) is 4.98 Å². The Morgan fingerprint density at radius 3 is 2.65 bits per heavy atom. The zero-order chi connectivity index (χ0) is 14.1. The normalized spacial score (nSPS) is 12.0. The van der Waals surface area contributed by atoms with Gasteiger partial charge in [-0.2, -0.15) is 0 Å². The summed E-state index contributed by atoms with van der Waals surface area (Å²) in [7, 11) is 0. The molecule has 0 N–H and O–H groups in total. The molecule has 1 aromatic carbocycles. The Morgan fingerprint density at radius 2 is 1.90 bits per heavy atom. The van der Waals surface area contributed by atoms with Crippen molar-refractivity contribution in [3.63, 3.8) is 0 Å². The fraction of sp³-hybridized carbons (Fsp3) is 0.235. The second-order valence-electron chi connectivity index (χ2n) is 5.19. The molecule has 1 nitrogen and oxygen atoms in total. The molecule has 0 saturated carbocycles. The van der Waals surface area contributed by atoms with E-state index >= 15 is 0 Å². The van der Waals surface area contributed by atoms with Crippen molar-refractivity contribution in [2.24, 2.45) is 0 Å². The Morgan fingerprint density at radius 1 is 1.05 bits per heavy atom. The maximum atomic E-state index is 4.49. The van der Waals surface area contributed by atoms with Crippen molar-refractivity contribution in [3.05, 3.63) is 50.7 Å². The number of rotatable bonds is 3. The van der Waals surface area contributed by atoms with E-state index < -0.39 is 0 Å². The van der Waals surface area contributed by atoms with Gasteiger partial charge in [-0.3, -0.25) is 0 Å². The molecule has 3 aromatic rings. The highest BCUT2D eigenvalue weighted by Gasteiger charge is 2.02. The maximum Gasteiger partial charge on any atom is 0.0907 e. The van der Waals surface area contributed by atoms with Gasteiger partial charge in [0, 0.05) is 9.75 Å². The Kier molecular flexibility index (Phi) is 3.72. The number of fused-ring (bicyclic) bond motifs is 1. The van der Waals surface area contributed by atoms with Crippen molar-refractivity contribution in [3.8, 4) is 0 Å². The van der Waals surface area contributed by atoms with Crippen LogP contribution in [0.3, 0.4) is 0 Å². The van der Waals surface area contributed by atoms with E-state index in [-0.39, 0.29) is 0 Å². The summed E-state index contributed by atoms with van der Waals surface area (Å²) in [5, 5.41) is 1.13. The molecule has 3 rings (SSSR count). The van der Waals surface area contributed by atoms with Crippen LogP contribution in [0.5, 0.6) is 0 Å². The maximum absolute atomic E-state index is 4.49. The third-order valence-corrected chi connectivity index (χ3v) is 5.46. The second-order valence-corrected chi connectivity index (χ2v) is 7.57. The topological polar surface area (TPSA) is 12.9 Å². The zero-order valence-corrected chi connectivity index (χ0v) is 13.5. The van der Waals surface area contributed by atoms with Gasteiger partial charge in [0.05, 0.1) is 15.2 Å². The minimum atomic E-state index is 0.610. The van der Waals surface area contributed by atoms with Gasteiger partial charge in [0.2, 0.25) is 0 Å². The lowest BCUT2D eigenvalue weighted by Crippen LogP contribution is -1.77. The molecular formula is C17H17NS2. The van der Waals surface area contributed by atoms with Gasteiger partial charge < -0.3 is 0 Å². The van der Waals surface area contributed by atoms with Crippen LogP contribution in [0.4, 0.5) is 0 Å². The zero-order valence-electron chi connectivity index (χ0n) is 11.9. The number of aromatic nitrogens is 1. The van der Waals surface area contributed by atoms with E-state index in [0.717, 1.165) is 10.5 Å². The lowest BCUT2D eigenvalue weighted by Gasteiger charge is -1.97. The van der Waals surface area contributed by atoms with Crippen LogP contribution < -0.4 is 0 Å². The van der Waals surface area contributed by atoms with Gasteiger partial charge in [0.25, 0.3) is 0 Å². The minimum absolute atomic E-state index is 0.610. The van der Waals surface area contributed by atoms with Crippen molar-refractivity contribution in [1.29, 1.82) is 0 Å². The second kappa shape index (κ2) is 5.51. The van der Waals surface area contributed by atoms with Crippen molar-refractivity contribution < 1.29 is 0 Å².